The van der Waals surface area contributed by atoms with Crippen molar-refractivity contribution in [1.29, 1.82) is 0 Å². The van der Waals surface area contributed by atoms with E-state index in [1.165, 1.54) is 0 Å². The van der Waals surface area contributed by atoms with Crippen molar-refractivity contribution < 1.29 is 19.1 Å². The van der Waals surface area contributed by atoms with Crippen LogP contribution in [0.2, 0.25) is 0 Å². The average Bonchev–Trinajstić information content (AvgIpc) is 2.31. The zero-order chi connectivity index (χ0) is 19.4. The van der Waals surface area contributed by atoms with Crippen molar-refractivity contribution in [1.82, 2.24) is 0 Å². The van der Waals surface area contributed by atoms with Crippen LogP contribution < -0.4 is 0 Å². The molecular formula is C20H30O4. The van der Waals surface area contributed by atoms with E-state index in [0.29, 0.717) is 0 Å². The van der Waals surface area contributed by atoms with Crippen LogP contribution in [0.1, 0.15) is 69.2 Å². The molecule has 0 saturated carbocycles. The summed E-state index contributed by atoms with van der Waals surface area (Å²) in [6, 6.07) is 0. The Kier molecular flexibility index (Phi) is 6.71. The van der Waals surface area contributed by atoms with Gasteiger partial charge in [-0.25, -0.2) is 0 Å². The molecule has 0 aromatic heterocycles. The highest BCUT2D eigenvalue weighted by Crippen LogP contribution is 2.21. The fourth-order valence-corrected chi connectivity index (χ4v) is 1.18. The van der Waals surface area contributed by atoms with Gasteiger partial charge in [-0.05, 0) is 92.9 Å². The zero-order valence-electron chi connectivity index (χ0n) is 16.6. The Morgan fingerprint density at radius 1 is 0.583 bits per heavy atom. The molecule has 0 saturated heterocycles. The van der Waals surface area contributed by atoms with Gasteiger partial charge in [-0.2, -0.15) is 0 Å². The molecule has 0 aromatic carbocycles. The van der Waals surface area contributed by atoms with Crippen LogP contribution in [-0.2, 0) is 19.1 Å². The van der Waals surface area contributed by atoms with E-state index in [0.717, 1.165) is 0 Å². The van der Waals surface area contributed by atoms with Crippen molar-refractivity contribution in [3.63, 3.8) is 0 Å². The molecule has 4 heteroatoms. The molecule has 0 atom stereocenters. The lowest BCUT2D eigenvalue weighted by molar-refractivity contribution is -0.162. The summed E-state index contributed by atoms with van der Waals surface area (Å²) < 4.78 is 10.8. The van der Waals surface area contributed by atoms with Gasteiger partial charge in [0.05, 0.1) is 10.8 Å². The summed E-state index contributed by atoms with van der Waals surface area (Å²) >= 11 is 0. The van der Waals surface area contributed by atoms with E-state index in [1.807, 2.05) is 0 Å². The third-order valence-corrected chi connectivity index (χ3v) is 2.71. The van der Waals surface area contributed by atoms with Crippen LogP contribution in [0.3, 0.4) is 0 Å². The smallest absolute Gasteiger partial charge is 0.312 e. The molecule has 0 heterocycles. The maximum absolute atomic E-state index is 11.9. The molecular weight excluding hydrogens is 304 g/mol. The van der Waals surface area contributed by atoms with Gasteiger partial charge in [-0.1, -0.05) is 0 Å². The monoisotopic (exact) mass is 334 g/mol. The van der Waals surface area contributed by atoms with Gasteiger partial charge in [-0.3, -0.25) is 9.59 Å². The van der Waals surface area contributed by atoms with Gasteiger partial charge in [0.15, 0.2) is 11.2 Å². The first kappa shape index (κ1) is 22.1. The maximum Gasteiger partial charge on any atom is 0.312 e. The number of hydrogen-bond acceptors (Lipinski definition) is 4. The summed E-state index contributed by atoms with van der Waals surface area (Å²) in [5.74, 6) is 10.3. The van der Waals surface area contributed by atoms with Gasteiger partial charge in [0, 0.05) is 0 Å². The molecule has 0 fully saturated rings. The lowest BCUT2D eigenvalue weighted by Gasteiger charge is -2.25. The summed E-state index contributed by atoms with van der Waals surface area (Å²) in [6.45, 7) is 17.5. The zero-order valence-corrected chi connectivity index (χ0v) is 16.6. The minimum atomic E-state index is -0.939. The highest BCUT2D eigenvalue weighted by molar-refractivity contribution is 5.76. The fourth-order valence-electron chi connectivity index (χ4n) is 1.18. The number of ether oxygens (including phenoxy) is 2. The molecule has 0 aliphatic carbocycles. The Bertz CT molecular complexity index is 546. The van der Waals surface area contributed by atoms with E-state index in [2.05, 4.69) is 23.7 Å². The summed E-state index contributed by atoms with van der Waals surface area (Å²) in [5, 5.41) is 0. The van der Waals surface area contributed by atoms with Crippen LogP contribution in [0.15, 0.2) is 0 Å². The Balaban J connectivity index is 4.99. The molecule has 134 valence electrons. The van der Waals surface area contributed by atoms with Crippen LogP contribution in [0, 0.1) is 34.5 Å². The van der Waals surface area contributed by atoms with E-state index in [1.54, 1.807) is 69.2 Å². The standard InChI is InChI=1S/C20H30O4/c1-17(2,3)15(21)23-19(7,8)13-11-12-14-20(9,10)24-16(22)18(4,5)6/h1-10H3. The Morgan fingerprint density at radius 3 is 1.04 bits per heavy atom. The van der Waals surface area contributed by atoms with Gasteiger partial charge in [0.1, 0.15) is 0 Å². The van der Waals surface area contributed by atoms with E-state index >= 15 is 0 Å². The second kappa shape index (κ2) is 7.31. The third kappa shape index (κ3) is 8.63. The van der Waals surface area contributed by atoms with Crippen LogP contribution in [-0.4, -0.2) is 23.1 Å². The van der Waals surface area contributed by atoms with E-state index in [-0.39, 0.29) is 11.9 Å². The summed E-state index contributed by atoms with van der Waals surface area (Å²) in [5.41, 5.74) is -3.06. The minimum absolute atomic E-state index is 0.325. The molecule has 4 nitrogen and oxygen atoms in total. The Labute approximate surface area is 146 Å². The summed E-state index contributed by atoms with van der Waals surface area (Å²) in [4.78, 5) is 23.8. The second-order valence-corrected chi connectivity index (χ2v) is 8.80. The van der Waals surface area contributed by atoms with E-state index in [4.69, 9.17) is 9.47 Å². The largest absolute Gasteiger partial charge is 0.446 e. The van der Waals surface area contributed by atoms with E-state index in [9.17, 15) is 9.59 Å². The average molecular weight is 334 g/mol. The number of carbonyl (C=O) groups excluding carboxylic acids is 2. The second-order valence-electron chi connectivity index (χ2n) is 8.80. The van der Waals surface area contributed by atoms with Crippen molar-refractivity contribution in [2.24, 2.45) is 10.8 Å². The first-order valence-corrected chi connectivity index (χ1v) is 7.97. The third-order valence-electron chi connectivity index (χ3n) is 2.71. The molecule has 0 N–H and O–H groups in total. The fraction of sp³-hybridized carbons (Fsp3) is 0.700. The van der Waals surface area contributed by atoms with Crippen molar-refractivity contribution in [2.75, 3.05) is 0 Å². The lowest BCUT2D eigenvalue weighted by Crippen LogP contribution is -2.33. The van der Waals surface area contributed by atoms with Gasteiger partial charge >= 0.3 is 11.9 Å². The molecule has 0 unspecified atom stereocenters. The normalized spacial score (nSPS) is 12.2. The van der Waals surface area contributed by atoms with Crippen LogP contribution in [0.5, 0.6) is 0 Å². The SMILES string of the molecule is CC(C)(C#CC#CC(C)(C)OC(=O)C(C)(C)C)OC(=O)C(C)(C)C. The predicted molar refractivity (Wildman–Crippen MR) is 94.8 cm³/mol. The lowest BCUT2D eigenvalue weighted by atomic mass is 9.96. The van der Waals surface area contributed by atoms with Crippen LogP contribution >= 0.6 is 0 Å². The number of rotatable bonds is 2. The van der Waals surface area contributed by atoms with Gasteiger partial charge in [0.2, 0.25) is 0 Å². The molecule has 24 heavy (non-hydrogen) atoms. The number of esters is 2. The first-order valence-electron chi connectivity index (χ1n) is 7.97. The number of hydrogen-bond donors (Lipinski definition) is 0. The van der Waals surface area contributed by atoms with Gasteiger partial charge < -0.3 is 9.47 Å². The molecule has 0 radical (unpaired) electrons. The molecule has 0 amide bonds. The molecule has 0 rings (SSSR count). The summed E-state index contributed by atoms with van der Waals surface area (Å²) in [7, 11) is 0. The highest BCUT2D eigenvalue weighted by atomic mass is 16.6. The van der Waals surface area contributed by atoms with Crippen molar-refractivity contribution in [2.45, 2.75) is 80.4 Å². The molecule has 0 aromatic rings. The van der Waals surface area contributed by atoms with Crippen molar-refractivity contribution in [3.8, 4) is 23.7 Å². The van der Waals surface area contributed by atoms with Crippen LogP contribution in [0.4, 0.5) is 0 Å². The minimum Gasteiger partial charge on any atom is -0.446 e. The number of carbonyl (C=O) groups is 2. The summed E-state index contributed by atoms with van der Waals surface area (Å²) in [6.07, 6.45) is 0. The Morgan fingerprint density at radius 2 is 0.833 bits per heavy atom. The maximum atomic E-state index is 11.9. The highest BCUT2D eigenvalue weighted by Gasteiger charge is 2.30. The molecule has 0 spiro atoms. The first-order chi connectivity index (χ1) is 10.5. The quantitative estimate of drug-likeness (QED) is 0.570. The Hall–Kier alpha value is -1.94. The molecule has 0 aliphatic rings. The van der Waals surface area contributed by atoms with Gasteiger partial charge in [-0.15, -0.1) is 0 Å². The molecule has 0 aliphatic heterocycles. The van der Waals surface area contributed by atoms with E-state index < -0.39 is 22.0 Å². The van der Waals surface area contributed by atoms with Crippen LogP contribution in [0.25, 0.3) is 0 Å². The molecule has 0 bridgehead atoms. The van der Waals surface area contributed by atoms with Crippen molar-refractivity contribution >= 4 is 11.9 Å². The predicted octanol–water partition coefficient (Wildman–Crippen LogP) is 3.73. The topological polar surface area (TPSA) is 52.6 Å². The van der Waals surface area contributed by atoms with Gasteiger partial charge in [0.25, 0.3) is 0 Å². The van der Waals surface area contributed by atoms with Crippen molar-refractivity contribution in [3.05, 3.63) is 0 Å².